The van der Waals surface area contributed by atoms with Crippen LogP contribution in [0, 0.1) is 27.7 Å². The highest BCUT2D eigenvalue weighted by molar-refractivity contribution is 5.45. The van der Waals surface area contributed by atoms with Crippen molar-refractivity contribution in [3.8, 4) is 0 Å². The van der Waals surface area contributed by atoms with Crippen molar-refractivity contribution in [1.82, 2.24) is 0 Å². The van der Waals surface area contributed by atoms with Crippen LogP contribution in [-0.4, -0.2) is 0 Å². The largest absolute Gasteiger partial charge is 0.324 e. The standard InChI is InChI=1S/C19H25N/c1-13-12-14(2)16(4)19(15(13)3)18(20)11-10-17-8-6-5-7-9-17/h5-9,12,18H,10-11,20H2,1-4H3. The van der Waals surface area contributed by atoms with Gasteiger partial charge >= 0.3 is 0 Å². The van der Waals surface area contributed by atoms with Gasteiger partial charge < -0.3 is 5.73 Å². The minimum atomic E-state index is 0.119. The molecule has 0 aliphatic heterocycles. The summed E-state index contributed by atoms with van der Waals surface area (Å²) in [5.74, 6) is 0. The van der Waals surface area contributed by atoms with Crippen molar-refractivity contribution in [3.63, 3.8) is 0 Å². The Balaban J connectivity index is 2.19. The van der Waals surface area contributed by atoms with Gasteiger partial charge in [-0.1, -0.05) is 36.4 Å². The molecule has 0 amide bonds. The van der Waals surface area contributed by atoms with Crippen molar-refractivity contribution in [1.29, 1.82) is 0 Å². The van der Waals surface area contributed by atoms with Crippen LogP contribution in [0.15, 0.2) is 36.4 Å². The van der Waals surface area contributed by atoms with Gasteiger partial charge in [0.2, 0.25) is 0 Å². The zero-order valence-corrected chi connectivity index (χ0v) is 13.0. The zero-order valence-electron chi connectivity index (χ0n) is 13.0. The fourth-order valence-electron chi connectivity index (χ4n) is 2.91. The van der Waals surface area contributed by atoms with Crippen LogP contribution in [0.25, 0.3) is 0 Å². The van der Waals surface area contributed by atoms with Gasteiger partial charge in [0.25, 0.3) is 0 Å². The maximum absolute atomic E-state index is 6.48. The lowest BCUT2D eigenvalue weighted by molar-refractivity contribution is 0.642. The van der Waals surface area contributed by atoms with E-state index in [2.05, 4.69) is 64.1 Å². The molecule has 2 rings (SSSR count). The third-order valence-electron chi connectivity index (χ3n) is 4.38. The van der Waals surface area contributed by atoms with Crippen molar-refractivity contribution >= 4 is 0 Å². The molecule has 2 N–H and O–H groups in total. The molecule has 106 valence electrons. The summed E-state index contributed by atoms with van der Waals surface area (Å²) in [6, 6.07) is 13.0. The van der Waals surface area contributed by atoms with Crippen molar-refractivity contribution < 1.29 is 0 Å². The monoisotopic (exact) mass is 267 g/mol. The highest BCUT2D eigenvalue weighted by Gasteiger charge is 2.15. The maximum atomic E-state index is 6.48. The van der Waals surface area contributed by atoms with E-state index in [0.29, 0.717) is 0 Å². The lowest BCUT2D eigenvalue weighted by Gasteiger charge is -2.21. The van der Waals surface area contributed by atoms with E-state index in [4.69, 9.17) is 5.73 Å². The third kappa shape index (κ3) is 3.10. The topological polar surface area (TPSA) is 26.0 Å². The molecule has 0 saturated carbocycles. The minimum absolute atomic E-state index is 0.119. The van der Waals surface area contributed by atoms with Gasteiger partial charge in [-0.05, 0) is 73.9 Å². The van der Waals surface area contributed by atoms with Gasteiger partial charge in [0.15, 0.2) is 0 Å². The number of hydrogen-bond acceptors (Lipinski definition) is 1. The molecule has 1 nitrogen and oxygen atoms in total. The highest BCUT2D eigenvalue weighted by atomic mass is 14.6. The van der Waals surface area contributed by atoms with Gasteiger partial charge in [-0.25, -0.2) is 0 Å². The molecular weight excluding hydrogens is 242 g/mol. The number of rotatable bonds is 4. The number of hydrogen-bond donors (Lipinski definition) is 1. The van der Waals surface area contributed by atoms with Gasteiger partial charge in [0.05, 0.1) is 0 Å². The van der Waals surface area contributed by atoms with Gasteiger partial charge in [-0.3, -0.25) is 0 Å². The summed E-state index contributed by atoms with van der Waals surface area (Å²) in [6.45, 7) is 8.74. The van der Waals surface area contributed by atoms with Crippen LogP contribution < -0.4 is 5.73 Å². The molecule has 0 aromatic heterocycles. The predicted octanol–water partition coefficient (Wildman–Crippen LogP) is 4.55. The molecule has 1 atom stereocenters. The van der Waals surface area contributed by atoms with Crippen LogP contribution >= 0.6 is 0 Å². The molecule has 2 aromatic carbocycles. The maximum Gasteiger partial charge on any atom is 0.0303 e. The quantitative estimate of drug-likeness (QED) is 0.864. The first-order valence-electron chi connectivity index (χ1n) is 7.37. The Morgan fingerprint density at radius 1 is 0.900 bits per heavy atom. The lowest BCUT2D eigenvalue weighted by Crippen LogP contribution is -2.15. The minimum Gasteiger partial charge on any atom is -0.324 e. The van der Waals surface area contributed by atoms with Crippen LogP contribution in [0.2, 0.25) is 0 Å². The normalized spacial score (nSPS) is 12.4. The Hall–Kier alpha value is -1.60. The molecular formula is C19H25N. The predicted molar refractivity (Wildman–Crippen MR) is 87.1 cm³/mol. The fourth-order valence-corrected chi connectivity index (χ4v) is 2.91. The molecule has 2 aromatic rings. The SMILES string of the molecule is Cc1cc(C)c(C)c(C(N)CCc2ccccc2)c1C. The molecule has 0 fully saturated rings. The summed E-state index contributed by atoms with van der Waals surface area (Å²) in [5.41, 5.74) is 14.6. The van der Waals surface area contributed by atoms with E-state index in [9.17, 15) is 0 Å². The smallest absolute Gasteiger partial charge is 0.0303 e. The molecule has 0 aliphatic carbocycles. The molecule has 0 heterocycles. The van der Waals surface area contributed by atoms with Crippen LogP contribution in [0.5, 0.6) is 0 Å². The summed E-state index contributed by atoms with van der Waals surface area (Å²) in [7, 11) is 0. The van der Waals surface area contributed by atoms with Crippen molar-refractivity contribution in [2.45, 2.75) is 46.6 Å². The summed E-state index contributed by atoms with van der Waals surface area (Å²) in [6.07, 6.45) is 2.03. The summed E-state index contributed by atoms with van der Waals surface area (Å²) < 4.78 is 0. The summed E-state index contributed by atoms with van der Waals surface area (Å²) in [4.78, 5) is 0. The third-order valence-corrected chi connectivity index (χ3v) is 4.38. The molecule has 0 aliphatic rings. The highest BCUT2D eigenvalue weighted by Crippen LogP contribution is 2.28. The van der Waals surface area contributed by atoms with Crippen LogP contribution in [0.4, 0.5) is 0 Å². The van der Waals surface area contributed by atoms with Gasteiger partial charge in [0.1, 0.15) is 0 Å². The second-order valence-electron chi connectivity index (χ2n) is 5.80. The number of nitrogens with two attached hydrogens (primary N) is 1. The zero-order chi connectivity index (χ0) is 14.7. The van der Waals surface area contributed by atoms with Gasteiger partial charge in [-0.2, -0.15) is 0 Å². The average molecular weight is 267 g/mol. The van der Waals surface area contributed by atoms with Crippen molar-refractivity contribution in [2.75, 3.05) is 0 Å². The number of benzene rings is 2. The first-order chi connectivity index (χ1) is 9.50. The lowest BCUT2D eigenvalue weighted by atomic mass is 9.88. The summed E-state index contributed by atoms with van der Waals surface area (Å²) >= 11 is 0. The number of aryl methyl sites for hydroxylation is 3. The molecule has 0 saturated heterocycles. The Morgan fingerprint density at radius 3 is 2.00 bits per heavy atom. The fraction of sp³-hybridized carbons (Fsp3) is 0.368. The summed E-state index contributed by atoms with van der Waals surface area (Å²) in [5, 5.41) is 0. The molecule has 0 spiro atoms. The van der Waals surface area contributed by atoms with E-state index in [1.54, 1.807) is 0 Å². The van der Waals surface area contributed by atoms with Crippen LogP contribution in [-0.2, 0) is 6.42 Å². The Kier molecular flexibility index (Phi) is 4.61. The van der Waals surface area contributed by atoms with E-state index in [-0.39, 0.29) is 6.04 Å². The van der Waals surface area contributed by atoms with Crippen LogP contribution in [0.3, 0.4) is 0 Å². The Morgan fingerprint density at radius 2 is 1.45 bits per heavy atom. The van der Waals surface area contributed by atoms with Crippen molar-refractivity contribution in [2.24, 2.45) is 5.73 Å². The van der Waals surface area contributed by atoms with E-state index in [1.807, 2.05) is 0 Å². The molecule has 1 unspecified atom stereocenters. The molecule has 1 heteroatoms. The Labute approximate surface area is 122 Å². The first-order valence-corrected chi connectivity index (χ1v) is 7.37. The second-order valence-corrected chi connectivity index (χ2v) is 5.80. The van der Waals surface area contributed by atoms with Gasteiger partial charge in [-0.15, -0.1) is 0 Å². The molecule has 0 bridgehead atoms. The second kappa shape index (κ2) is 6.23. The first kappa shape index (κ1) is 14.8. The van der Waals surface area contributed by atoms with E-state index in [0.717, 1.165) is 12.8 Å². The van der Waals surface area contributed by atoms with E-state index in [1.165, 1.54) is 33.4 Å². The molecule has 20 heavy (non-hydrogen) atoms. The van der Waals surface area contributed by atoms with E-state index >= 15 is 0 Å². The van der Waals surface area contributed by atoms with Gasteiger partial charge in [0, 0.05) is 6.04 Å². The van der Waals surface area contributed by atoms with E-state index < -0.39 is 0 Å². The average Bonchev–Trinajstić information content (AvgIpc) is 2.44. The van der Waals surface area contributed by atoms with Crippen LogP contribution in [0.1, 0.15) is 45.8 Å². The molecule has 0 radical (unpaired) electrons. The Bertz CT molecular complexity index is 558. The van der Waals surface area contributed by atoms with Crippen molar-refractivity contribution in [3.05, 3.63) is 69.8 Å².